The number of rotatable bonds is 6. The molecule has 0 saturated heterocycles. The zero-order valence-corrected chi connectivity index (χ0v) is 15.3. The molecule has 6 nitrogen and oxygen atoms in total. The SMILES string of the molecule is O=C(Nc1ccccc1)C(=Cc1ccc(C(=O)O)cc1)C(=O)Nc1ccccc1. The topological polar surface area (TPSA) is 95.5 Å². The maximum Gasteiger partial charge on any atom is 0.335 e. The number of carboxylic acid groups (broad SMARTS) is 1. The summed E-state index contributed by atoms with van der Waals surface area (Å²) in [4.78, 5) is 36.6. The number of anilines is 2. The Morgan fingerprint density at radius 1 is 0.655 bits per heavy atom. The highest BCUT2D eigenvalue weighted by molar-refractivity contribution is 6.28. The molecular weight excluding hydrogens is 368 g/mol. The average Bonchev–Trinajstić information content (AvgIpc) is 2.73. The Labute approximate surface area is 167 Å². The van der Waals surface area contributed by atoms with E-state index in [1.165, 1.54) is 30.3 Å². The van der Waals surface area contributed by atoms with Gasteiger partial charge in [-0.25, -0.2) is 4.79 Å². The summed E-state index contributed by atoms with van der Waals surface area (Å²) in [5.74, 6) is -2.21. The predicted molar refractivity (Wildman–Crippen MR) is 112 cm³/mol. The lowest BCUT2D eigenvalue weighted by atomic mass is 10.1. The van der Waals surface area contributed by atoms with Crippen molar-refractivity contribution in [2.45, 2.75) is 0 Å². The molecule has 0 bridgehead atoms. The van der Waals surface area contributed by atoms with Gasteiger partial charge in [-0.15, -0.1) is 0 Å². The second kappa shape index (κ2) is 9.14. The molecule has 0 radical (unpaired) electrons. The highest BCUT2D eigenvalue weighted by Gasteiger charge is 2.19. The Morgan fingerprint density at radius 2 is 1.10 bits per heavy atom. The molecule has 0 aliphatic heterocycles. The van der Waals surface area contributed by atoms with Gasteiger partial charge >= 0.3 is 5.97 Å². The number of para-hydroxylation sites is 2. The Kier molecular flexibility index (Phi) is 6.17. The maximum atomic E-state index is 12.8. The summed E-state index contributed by atoms with van der Waals surface area (Å²) in [7, 11) is 0. The zero-order valence-electron chi connectivity index (χ0n) is 15.3. The number of carboxylic acids is 1. The summed E-state index contributed by atoms with van der Waals surface area (Å²) < 4.78 is 0. The van der Waals surface area contributed by atoms with Gasteiger partial charge in [-0.1, -0.05) is 48.5 Å². The number of benzene rings is 3. The van der Waals surface area contributed by atoms with Crippen LogP contribution in [0.4, 0.5) is 11.4 Å². The molecule has 0 saturated carbocycles. The van der Waals surface area contributed by atoms with E-state index in [1.54, 1.807) is 48.5 Å². The monoisotopic (exact) mass is 386 g/mol. The Hall–Kier alpha value is -4.19. The van der Waals surface area contributed by atoms with Gasteiger partial charge in [0, 0.05) is 11.4 Å². The fourth-order valence-corrected chi connectivity index (χ4v) is 2.56. The third-order valence-electron chi connectivity index (χ3n) is 4.02. The normalized spacial score (nSPS) is 9.93. The minimum absolute atomic E-state index is 0.110. The van der Waals surface area contributed by atoms with Gasteiger partial charge in [-0.3, -0.25) is 9.59 Å². The molecule has 0 heterocycles. The average molecular weight is 386 g/mol. The number of hydrogen-bond acceptors (Lipinski definition) is 3. The summed E-state index contributed by atoms with van der Waals surface area (Å²) in [6, 6.07) is 23.5. The van der Waals surface area contributed by atoms with Gasteiger partial charge in [0.25, 0.3) is 11.8 Å². The van der Waals surface area contributed by atoms with Crippen LogP contribution in [0, 0.1) is 0 Å². The van der Waals surface area contributed by atoms with Crippen LogP contribution in [0.25, 0.3) is 6.08 Å². The molecule has 29 heavy (non-hydrogen) atoms. The van der Waals surface area contributed by atoms with E-state index in [0.29, 0.717) is 16.9 Å². The molecule has 3 N–H and O–H groups in total. The molecule has 0 unspecified atom stereocenters. The highest BCUT2D eigenvalue weighted by Crippen LogP contribution is 2.15. The summed E-state index contributed by atoms with van der Waals surface area (Å²) in [5, 5.41) is 14.4. The molecule has 3 rings (SSSR count). The number of aromatic carboxylic acids is 1. The van der Waals surface area contributed by atoms with Crippen LogP contribution in [0.1, 0.15) is 15.9 Å². The van der Waals surface area contributed by atoms with Crippen LogP contribution in [0.15, 0.2) is 90.5 Å². The van der Waals surface area contributed by atoms with Crippen LogP contribution >= 0.6 is 0 Å². The first kappa shape index (κ1) is 19.6. The van der Waals surface area contributed by atoms with Gasteiger partial charge < -0.3 is 15.7 Å². The molecule has 0 fully saturated rings. The van der Waals surface area contributed by atoms with E-state index in [-0.39, 0.29) is 11.1 Å². The smallest absolute Gasteiger partial charge is 0.335 e. The van der Waals surface area contributed by atoms with Gasteiger partial charge in [-0.05, 0) is 48.0 Å². The van der Waals surface area contributed by atoms with Crippen molar-refractivity contribution in [3.8, 4) is 0 Å². The van der Waals surface area contributed by atoms with Gasteiger partial charge in [-0.2, -0.15) is 0 Å². The molecule has 2 amide bonds. The standard InChI is InChI=1S/C23H18N2O4/c26-21(24-18-7-3-1-4-8-18)20(22(27)25-19-9-5-2-6-10-19)15-16-11-13-17(14-12-16)23(28)29/h1-15H,(H,24,26)(H,25,27)(H,28,29). The summed E-state index contributed by atoms with van der Waals surface area (Å²) in [6.07, 6.45) is 1.42. The van der Waals surface area contributed by atoms with Crippen molar-refractivity contribution in [3.63, 3.8) is 0 Å². The molecule has 0 aliphatic carbocycles. The van der Waals surface area contributed by atoms with Crippen molar-refractivity contribution in [1.82, 2.24) is 0 Å². The van der Waals surface area contributed by atoms with Gasteiger partial charge in [0.15, 0.2) is 0 Å². The van der Waals surface area contributed by atoms with E-state index in [1.807, 2.05) is 12.1 Å². The van der Waals surface area contributed by atoms with E-state index >= 15 is 0 Å². The molecule has 6 heteroatoms. The first-order valence-electron chi connectivity index (χ1n) is 8.81. The lowest BCUT2D eigenvalue weighted by Crippen LogP contribution is -2.25. The van der Waals surface area contributed by atoms with Crippen molar-refractivity contribution in [1.29, 1.82) is 0 Å². The van der Waals surface area contributed by atoms with E-state index in [0.717, 1.165) is 0 Å². The molecule has 3 aromatic rings. The van der Waals surface area contributed by atoms with Crippen molar-refractivity contribution in [3.05, 3.63) is 102 Å². The fourth-order valence-electron chi connectivity index (χ4n) is 2.56. The fraction of sp³-hybridized carbons (Fsp3) is 0. The van der Waals surface area contributed by atoms with Crippen LogP contribution in [-0.2, 0) is 9.59 Å². The van der Waals surface area contributed by atoms with E-state index in [4.69, 9.17) is 5.11 Å². The summed E-state index contributed by atoms with van der Waals surface area (Å²) >= 11 is 0. The quantitative estimate of drug-likeness (QED) is 0.338. The third kappa shape index (κ3) is 5.40. The predicted octanol–water partition coefficient (Wildman–Crippen LogP) is 4.05. The summed E-state index contributed by atoms with van der Waals surface area (Å²) in [6.45, 7) is 0. The van der Waals surface area contributed by atoms with E-state index in [2.05, 4.69) is 10.6 Å². The minimum atomic E-state index is -1.05. The van der Waals surface area contributed by atoms with Gasteiger partial charge in [0.05, 0.1) is 5.56 Å². The largest absolute Gasteiger partial charge is 0.478 e. The first-order chi connectivity index (χ1) is 14.0. The van der Waals surface area contributed by atoms with Crippen LogP contribution in [0.5, 0.6) is 0 Å². The molecule has 0 spiro atoms. The maximum absolute atomic E-state index is 12.8. The van der Waals surface area contributed by atoms with Crippen LogP contribution in [-0.4, -0.2) is 22.9 Å². The van der Waals surface area contributed by atoms with Crippen LogP contribution in [0.3, 0.4) is 0 Å². The van der Waals surface area contributed by atoms with Crippen LogP contribution < -0.4 is 10.6 Å². The molecule has 0 atom stereocenters. The lowest BCUT2D eigenvalue weighted by Gasteiger charge is -2.10. The molecule has 144 valence electrons. The van der Waals surface area contributed by atoms with Crippen molar-refractivity contribution in [2.24, 2.45) is 0 Å². The lowest BCUT2D eigenvalue weighted by molar-refractivity contribution is -0.118. The molecule has 0 aromatic heterocycles. The Bertz CT molecular complexity index is 988. The minimum Gasteiger partial charge on any atom is -0.478 e. The number of amides is 2. The second-order valence-electron chi connectivity index (χ2n) is 6.13. The number of hydrogen-bond donors (Lipinski definition) is 3. The van der Waals surface area contributed by atoms with Crippen molar-refractivity contribution < 1.29 is 19.5 Å². The van der Waals surface area contributed by atoms with Gasteiger partial charge in [0.1, 0.15) is 5.57 Å². The third-order valence-corrected chi connectivity index (χ3v) is 4.02. The first-order valence-corrected chi connectivity index (χ1v) is 8.81. The summed E-state index contributed by atoms with van der Waals surface area (Å²) in [5.41, 5.74) is 1.64. The van der Waals surface area contributed by atoms with E-state index < -0.39 is 17.8 Å². The van der Waals surface area contributed by atoms with Crippen molar-refractivity contribution in [2.75, 3.05) is 10.6 Å². The Balaban J connectivity index is 1.90. The van der Waals surface area contributed by atoms with Crippen LogP contribution in [0.2, 0.25) is 0 Å². The number of carbonyl (C=O) groups excluding carboxylic acids is 2. The Morgan fingerprint density at radius 3 is 1.52 bits per heavy atom. The molecular formula is C23H18N2O4. The van der Waals surface area contributed by atoms with Gasteiger partial charge in [0.2, 0.25) is 0 Å². The molecule has 3 aromatic carbocycles. The number of carbonyl (C=O) groups is 3. The highest BCUT2D eigenvalue weighted by atomic mass is 16.4. The van der Waals surface area contributed by atoms with E-state index in [9.17, 15) is 14.4 Å². The molecule has 0 aliphatic rings. The second-order valence-corrected chi connectivity index (χ2v) is 6.13. The zero-order chi connectivity index (χ0) is 20.6. The van der Waals surface area contributed by atoms with Crippen molar-refractivity contribution >= 4 is 35.2 Å². The number of nitrogens with one attached hydrogen (secondary N) is 2.